The molecule has 0 atom stereocenters. The van der Waals surface area contributed by atoms with Crippen LogP contribution in [0.15, 0.2) is 40.9 Å². The Morgan fingerprint density at radius 3 is 3.10 bits per heavy atom. The first-order valence-electron chi connectivity index (χ1n) is 6.50. The first kappa shape index (κ1) is 13.3. The van der Waals surface area contributed by atoms with Crippen LogP contribution in [0.5, 0.6) is 0 Å². The summed E-state index contributed by atoms with van der Waals surface area (Å²) in [6.45, 7) is 2.09. The molecule has 0 unspecified atom stereocenters. The van der Waals surface area contributed by atoms with Gasteiger partial charge in [-0.1, -0.05) is 18.2 Å². The number of ether oxygens (including phenoxy) is 1. The van der Waals surface area contributed by atoms with Crippen LogP contribution in [0.25, 0.3) is 20.7 Å². The largest absolute Gasteiger partial charge is 0.438 e. The van der Waals surface area contributed by atoms with Crippen molar-refractivity contribution in [3.63, 3.8) is 0 Å². The van der Waals surface area contributed by atoms with Crippen LogP contribution in [0, 0.1) is 0 Å². The van der Waals surface area contributed by atoms with Gasteiger partial charge in [0, 0.05) is 18.4 Å². The molecule has 1 N–H and O–H groups in total. The zero-order chi connectivity index (χ0) is 13.8. The van der Waals surface area contributed by atoms with Crippen LogP contribution < -0.4 is 5.32 Å². The third-order valence-electron chi connectivity index (χ3n) is 2.98. The molecule has 4 nitrogen and oxygen atoms in total. The summed E-state index contributed by atoms with van der Waals surface area (Å²) in [6.07, 6.45) is 1.79. The van der Waals surface area contributed by atoms with Crippen LogP contribution in [0.2, 0.25) is 0 Å². The van der Waals surface area contributed by atoms with Gasteiger partial charge in [-0.25, -0.2) is 4.98 Å². The van der Waals surface area contributed by atoms with E-state index in [2.05, 4.69) is 28.5 Å². The smallest absolute Gasteiger partial charge is 0.208 e. The molecule has 104 valence electrons. The van der Waals surface area contributed by atoms with E-state index in [-0.39, 0.29) is 0 Å². The molecule has 0 spiro atoms. The summed E-state index contributed by atoms with van der Waals surface area (Å²) in [7, 11) is 1.69. The van der Waals surface area contributed by atoms with Gasteiger partial charge in [-0.15, -0.1) is 11.3 Å². The number of benzene rings is 1. The summed E-state index contributed by atoms with van der Waals surface area (Å²) in [5.41, 5.74) is 0. The standard InChI is InChI=1S/C15H16N2O2S/c1-18-7-6-16-10-15-17-9-12(19-15)14-8-11-4-2-3-5-13(11)20-14/h2-5,8-9,16H,6-7,10H2,1H3. The molecule has 0 aliphatic heterocycles. The first-order chi connectivity index (χ1) is 9.86. The Morgan fingerprint density at radius 2 is 2.25 bits per heavy atom. The van der Waals surface area contributed by atoms with Crippen LogP contribution >= 0.6 is 11.3 Å². The minimum absolute atomic E-state index is 0.619. The van der Waals surface area contributed by atoms with Crippen molar-refractivity contribution < 1.29 is 9.15 Å². The van der Waals surface area contributed by atoms with Gasteiger partial charge in [-0.2, -0.15) is 0 Å². The summed E-state index contributed by atoms with van der Waals surface area (Å²) in [5, 5.41) is 4.46. The normalized spacial score (nSPS) is 11.2. The van der Waals surface area contributed by atoms with E-state index in [0.29, 0.717) is 19.0 Å². The fourth-order valence-corrected chi connectivity index (χ4v) is 2.99. The lowest BCUT2D eigenvalue weighted by atomic mass is 10.2. The Morgan fingerprint density at radius 1 is 1.35 bits per heavy atom. The first-order valence-corrected chi connectivity index (χ1v) is 7.32. The number of oxazole rings is 1. The van der Waals surface area contributed by atoms with Gasteiger partial charge < -0.3 is 14.5 Å². The van der Waals surface area contributed by atoms with Gasteiger partial charge in [0.15, 0.2) is 5.76 Å². The van der Waals surface area contributed by atoms with Gasteiger partial charge in [0.2, 0.25) is 5.89 Å². The molecule has 0 bridgehead atoms. The maximum atomic E-state index is 5.78. The molecule has 0 radical (unpaired) electrons. The number of nitrogens with zero attached hydrogens (tertiary/aromatic N) is 1. The zero-order valence-corrected chi connectivity index (χ0v) is 12.1. The lowest BCUT2D eigenvalue weighted by Crippen LogP contribution is -2.18. The summed E-state index contributed by atoms with van der Waals surface area (Å²) in [4.78, 5) is 5.41. The highest BCUT2D eigenvalue weighted by Crippen LogP contribution is 2.33. The number of thiophene rings is 1. The molecular weight excluding hydrogens is 272 g/mol. The second-order valence-electron chi connectivity index (χ2n) is 4.44. The van der Waals surface area contributed by atoms with Crippen molar-refractivity contribution in [2.75, 3.05) is 20.3 Å². The van der Waals surface area contributed by atoms with E-state index in [1.54, 1.807) is 24.6 Å². The number of methoxy groups -OCH3 is 1. The number of nitrogens with one attached hydrogen (secondary N) is 1. The van der Waals surface area contributed by atoms with Gasteiger partial charge in [0.1, 0.15) is 0 Å². The van der Waals surface area contributed by atoms with Gasteiger partial charge in [0.25, 0.3) is 0 Å². The lowest BCUT2D eigenvalue weighted by molar-refractivity contribution is 0.198. The van der Waals surface area contributed by atoms with E-state index in [9.17, 15) is 0 Å². The molecule has 5 heteroatoms. The molecule has 1 aromatic carbocycles. The molecule has 20 heavy (non-hydrogen) atoms. The van der Waals surface area contributed by atoms with Crippen molar-refractivity contribution in [2.24, 2.45) is 0 Å². The van der Waals surface area contributed by atoms with E-state index >= 15 is 0 Å². The predicted molar refractivity (Wildman–Crippen MR) is 80.9 cm³/mol. The number of hydrogen-bond donors (Lipinski definition) is 1. The Hall–Kier alpha value is -1.69. The number of rotatable bonds is 6. The topological polar surface area (TPSA) is 47.3 Å². The molecule has 2 aromatic heterocycles. The van der Waals surface area contributed by atoms with Crippen LogP contribution in [0.4, 0.5) is 0 Å². The summed E-state index contributed by atoms with van der Waals surface area (Å²) in [6, 6.07) is 10.5. The molecule has 3 rings (SSSR count). The third-order valence-corrected chi connectivity index (χ3v) is 4.11. The van der Waals surface area contributed by atoms with Crippen molar-refractivity contribution in [2.45, 2.75) is 6.54 Å². The monoisotopic (exact) mass is 288 g/mol. The Labute approximate surface area is 121 Å². The van der Waals surface area contributed by atoms with E-state index in [0.717, 1.165) is 17.2 Å². The molecule has 2 heterocycles. The Bertz CT molecular complexity index is 657. The fourth-order valence-electron chi connectivity index (χ4n) is 1.98. The average Bonchev–Trinajstić information content (AvgIpc) is 3.09. The average molecular weight is 288 g/mol. The lowest BCUT2D eigenvalue weighted by Gasteiger charge is -1.99. The third kappa shape index (κ3) is 2.90. The molecule has 0 aliphatic rings. The highest BCUT2D eigenvalue weighted by atomic mass is 32.1. The maximum Gasteiger partial charge on any atom is 0.208 e. The van der Waals surface area contributed by atoms with E-state index in [1.807, 2.05) is 12.1 Å². The van der Waals surface area contributed by atoms with Gasteiger partial charge in [0.05, 0.1) is 24.2 Å². The molecule has 0 amide bonds. The number of fused-ring (bicyclic) bond motifs is 1. The summed E-state index contributed by atoms with van der Waals surface area (Å²) < 4.78 is 12.0. The van der Waals surface area contributed by atoms with Crippen LogP contribution in [0.1, 0.15) is 5.89 Å². The highest BCUT2D eigenvalue weighted by molar-refractivity contribution is 7.22. The molecule has 0 fully saturated rings. The van der Waals surface area contributed by atoms with E-state index < -0.39 is 0 Å². The van der Waals surface area contributed by atoms with Crippen molar-refractivity contribution in [1.82, 2.24) is 10.3 Å². The summed E-state index contributed by atoms with van der Waals surface area (Å²) >= 11 is 1.72. The molecule has 0 saturated carbocycles. The summed E-state index contributed by atoms with van der Waals surface area (Å²) in [5.74, 6) is 1.53. The number of aromatic nitrogens is 1. The van der Waals surface area contributed by atoms with Crippen LogP contribution in [0.3, 0.4) is 0 Å². The molecule has 0 aliphatic carbocycles. The van der Waals surface area contributed by atoms with Crippen molar-refractivity contribution >= 4 is 21.4 Å². The van der Waals surface area contributed by atoms with Crippen molar-refractivity contribution in [1.29, 1.82) is 0 Å². The van der Waals surface area contributed by atoms with Crippen LogP contribution in [-0.2, 0) is 11.3 Å². The Kier molecular flexibility index (Phi) is 4.11. The SMILES string of the molecule is COCCNCc1ncc(-c2cc3ccccc3s2)o1. The second kappa shape index (κ2) is 6.17. The van der Waals surface area contributed by atoms with Gasteiger partial charge in [-0.3, -0.25) is 0 Å². The quantitative estimate of drug-likeness (QED) is 0.707. The van der Waals surface area contributed by atoms with Gasteiger partial charge >= 0.3 is 0 Å². The Balaban J connectivity index is 1.72. The maximum absolute atomic E-state index is 5.78. The van der Waals surface area contributed by atoms with E-state index in [4.69, 9.17) is 9.15 Å². The zero-order valence-electron chi connectivity index (χ0n) is 11.3. The minimum atomic E-state index is 0.619. The number of hydrogen-bond acceptors (Lipinski definition) is 5. The molecular formula is C15H16N2O2S. The van der Waals surface area contributed by atoms with E-state index in [1.165, 1.54) is 10.1 Å². The van der Waals surface area contributed by atoms with Crippen molar-refractivity contribution in [3.05, 3.63) is 42.4 Å². The highest BCUT2D eigenvalue weighted by Gasteiger charge is 2.09. The molecule has 0 saturated heterocycles. The molecule has 3 aromatic rings. The predicted octanol–water partition coefficient (Wildman–Crippen LogP) is 3.29. The van der Waals surface area contributed by atoms with Crippen LogP contribution in [-0.4, -0.2) is 25.2 Å². The van der Waals surface area contributed by atoms with Crippen molar-refractivity contribution in [3.8, 4) is 10.6 Å². The second-order valence-corrected chi connectivity index (χ2v) is 5.52. The fraction of sp³-hybridized carbons (Fsp3) is 0.267. The van der Waals surface area contributed by atoms with Gasteiger partial charge in [-0.05, 0) is 17.5 Å². The minimum Gasteiger partial charge on any atom is -0.438 e.